The Bertz CT molecular complexity index is 212. The number of amides is 2. The van der Waals surface area contributed by atoms with Gasteiger partial charge in [0.2, 0.25) is 0 Å². The first kappa shape index (κ1) is 13.3. The maximum atomic E-state index is 11.4. The number of piperidine rings is 1. The topological polar surface area (TPSA) is 44.4 Å². The van der Waals surface area contributed by atoms with E-state index in [1.807, 2.05) is 13.8 Å². The van der Waals surface area contributed by atoms with Crippen LogP contribution in [0.3, 0.4) is 0 Å². The summed E-state index contributed by atoms with van der Waals surface area (Å²) in [4.78, 5) is 13.9. The highest BCUT2D eigenvalue weighted by Gasteiger charge is 2.16. The van der Waals surface area contributed by atoms with E-state index in [1.165, 1.54) is 32.4 Å². The Balaban J connectivity index is 2.18. The zero-order valence-corrected chi connectivity index (χ0v) is 10.8. The summed E-state index contributed by atoms with van der Waals surface area (Å²) in [6.07, 6.45) is 3.94. The van der Waals surface area contributed by atoms with Gasteiger partial charge in [0.15, 0.2) is 0 Å². The van der Waals surface area contributed by atoms with E-state index in [-0.39, 0.29) is 12.1 Å². The van der Waals surface area contributed by atoms with E-state index in [1.54, 1.807) is 0 Å². The van der Waals surface area contributed by atoms with Gasteiger partial charge in [0.25, 0.3) is 0 Å². The number of rotatable bonds is 4. The molecule has 4 nitrogen and oxygen atoms in total. The monoisotopic (exact) mass is 227 g/mol. The van der Waals surface area contributed by atoms with Gasteiger partial charge < -0.3 is 10.6 Å². The number of carbonyl (C=O) groups is 1. The van der Waals surface area contributed by atoms with E-state index in [9.17, 15) is 4.79 Å². The van der Waals surface area contributed by atoms with Crippen LogP contribution in [0.5, 0.6) is 0 Å². The Morgan fingerprint density at radius 3 is 2.38 bits per heavy atom. The Morgan fingerprint density at radius 1 is 1.19 bits per heavy atom. The minimum atomic E-state index is -0.0566. The highest BCUT2D eigenvalue weighted by Crippen LogP contribution is 2.11. The normalized spacial score (nSPS) is 19.5. The van der Waals surface area contributed by atoms with Crippen molar-refractivity contribution in [2.24, 2.45) is 0 Å². The van der Waals surface area contributed by atoms with Gasteiger partial charge in [-0.3, -0.25) is 4.90 Å². The zero-order chi connectivity index (χ0) is 12.0. The Hall–Kier alpha value is -0.770. The van der Waals surface area contributed by atoms with Gasteiger partial charge in [-0.25, -0.2) is 4.79 Å². The molecule has 0 aromatic rings. The van der Waals surface area contributed by atoms with Gasteiger partial charge in [0, 0.05) is 18.6 Å². The fourth-order valence-electron chi connectivity index (χ4n) is 2.04. The molecule has 4 heteroatoms. The number of hydrogen-bond acceptors (Lipinski definition) is 2. The predicted molar refractivity (Wildman–Crippen MR) is 66.6 cm³/mol. The SMILES string of the molecule is CC(C)NC(=O)NCC(C)N1CCCCC1. The fourth-order valence-corrected chi connectivity index (χ4v) is 2.04. The van der Waals surface area contributed by atoms with Crippen LogP contribution >= 0.6 is 0 Å². The molecule has 1 aliphatic rings. The molecule has 1 saturated heterocycles. The minimum Gasteiger partial charge on any atom is -0.337 e. The molecule has 2 amide bonds. The largest absolute Gasteiger partial charge is 0.337 e. The van der Waals surface area contributed by atoms with Crippen LogP contribution in [0.1, 0.15) is 40.0 Å². The quantitative estimate of drug-likeness (QED) is 0.765. The molecule has 16 heavy (non-hydrogen) atoms. The van der Waals surface area contributed by atoms with Crippen LogP contribution in [0.25, 0.3) is 0 Å². The summed E-state index contributed by atoms with van der Waals surface area (Å²) < 4.78 is 0. The summed E-state index contributed by atoms with van der Waals surface area (Å²) in [5, 5.41) is 5.75. The molecule has 0 aliphatic carbocycles. The van der Waals surface area contributed by atoms with Gasteiger partial charge in [-0.1, -0.05) is 6.42 Å². The molecule has 1 unspecified atom stereocenters. The van der Waals surface area contributed by atoms with E-state index in [0.717, 1.165) is 6.54 Å². The lowest BCUT2D eigenvalue weighted by atomic mass is 10.1. The minimum absolute atomic E-state index is 0.0566. The van der Waals surface area contributed by atoms with Crippen LogP contribution in [-0.2, 0) is 0 Å². The molecule has 0 bridgehead atoms. The molecule has 1 aliphatic heterocycles. The van der Waals surface area contributed by atoms with Crippen molar-refractivity contribution in [2.75, 3.05) is 19.6 Å². The molecule has 1 rings (SSSR count). The van der Waals surface area contributed by atoms with Gasteiger partial charge in [-0.15, -0.1) is 0 Å². The third kappa shape index (κ3) is 4.84. The van der Waals surface area contributed by atoms with Gasteiger partial charge in [0.05, 0.1) is 0 Å². The Kier molecular flexibility index (Phi) is 5.60. The second-order valence-electron chi connectivity index (χ2n) is 4.95. The van der Waals surface area contributed by atoms with Crippen molar-refractivity contribution in [1.82, 2.24) is 15.5 Å². The molecule has 0 saturated carbocycles. The van der Waals surface area contributed by atoms with E-state index in [4.69, 9.17) is 0 Å². The standard InChI is InChI=1S/C12H25N3O/c1-10(2)14-12(16)13-9-11(3)15-7-5-4-6-8-15/h10-11H,4-9H2,1-3H3,(H2,13,14,16). The van der Waals surface area contributed by atoms with E-state index < -0.39 is 0 Å². The third-order valence-corrected chi connectivity index (χ3v) is 2.99. The second kappa shape index (κ2) is 6.74. The lowest BCUT2D eigenvalue weighted by Gasteiger charge is -2.32. The number of urea groups is 1. The molecule has 1 atom stereocenters. The first-order chi connectivity index (χ1) is 7.59. The van der Waals surface area contributed by atoms with Gasteiger partial charge in [0.1, 0.15) is 0 Å². The molecule has 0 radical (unpaired) electrons. The maximum absolute atomic E-state index is 11.4. The van der Waals surface area contributed by atoms with Crippen molar-refractivity contribution < 1.29 is 4.79 Å². The van der Waals surface area contributed by atoms with Crippen molar-refractivity contribution >= 4 is 6.03 Å². The number of carbonyl (C=O) groups excluding carboxylic acids is 1. The summed E-state index contributed by atoms with van der Waals surface area (Å²) >= 11 is 0. The fraction of sp³-hybridized carbons (Fsp3) is 0.917. The molecule has 0 spiro atoms. The highest BCUT2D eigenvalue weighted by atomic mass is 16.2. The molecule has 0 aromatic heterocycles. The van der Waals surface area contributed by atoms with Crippen molar-refractivity contribution in [3.63, 3.8) is 0 Å². The van der Waals surface area contributed by atoms with Gasteiger partial charge in [-0.05, 0) is 46.7 Å². The Labute approximate surface area is 98.8 Å². The molecular weight excluding hydrogens is 202 g/mol. The molecule has 94 valence electrons. The number of likely N-dealkylation sites (tertiary alicyclic amines) is 1. The van der Waals surface area contributed by atoms with E-state index in [2.05, 4.69) is 22.5 Å². The zero-order valence-electron chi connectivity index (χ0n) is 10.8. The molecule has 2 N–H and O–H groups in total. The van der Waals surface area contributed by atoms with Crippen LogP contribution in [0.4, 0.5) is 4.79 Å². The number of nitrogens with zero attached hydrogens (tertiary/aromatic N) is 1. The highest BCUT2D eigenvalue weighted by molar-refractivity contribution is 5.74. The van der Waals surface area contributed by atoms with Gasteiger partial charge >= 0.3 is 6.03 Å². The van der Waals surface area contributed by atoms with Crippen molar-refractivity contribution in [3.8, 4) is 0 Å². The predicted octanol–water partition coefficient (Wildman–Crippen LogP) is 1.57. The molecule has 0 aromatic carbocycles. The molecule has 1 fully saturated rings. The van der Waals surface area contributed by atoms with Crippen molar-refractivity contribution in [1.29, 1.82) is 0 Å². The van der Waals surface area contributed by atoms with Crippen molar-refractivity contribution in [3.05, 3.63) is 0 Å². The molecular formula is C12H25N3O. The Morgan fingerprint density at radius 2 is 1.81 bits per heavy atom. The van der Waals surface area contributed by atoms with Crippen LogP contribution < -0.4 is 10.6 Å². The van der Waals surface area contributed by atoms with E-state index >= 15 is 0 Å². The first-order valence-corrected chi connectivity index (χ1v) is 6.38. The number of hydrogen-bond donors (Lipinski definition) is 2. The van der Waals surface area contributed by atoms with E-state index in [0.29, 0.717) is 6.04 Å². The lowest BCUT2D eigenvalue weighted by molar-refractivity contribution is 0.170. The summed E-state index contributed by atoms with van der Waals surface area (Å²) in [5.74, 6) is 0. The summed E-state index contributed by atoms with van der Waals surface area (Å²) in [6.45, 7) is 9.20. The van der Waals surface area contributed by atoms with Gasteiger partial charge in [-0.2, -0.15) is 0 Å². The average Bonchev–Trinajstić information content (AvgIpc) is 2.26. The first-order valence-electron chi connectivity index (χ1n) is 6.38. The smallest absolute Gasteiger partial charge is 0.315 e. The summed E-state index contributed by atoms with van der Waals surface area (Å²) in [6, 6.07) is 0.586. The average molecular weight is 227 g/mol. The van der Waals surface area contributed by atoms with Crippen LogP contribution in [0.15, 0.2) is 0 Å². The van der Waals surface area contributed by atoms with Crippen molar-refractivity contribution in [2.45, 2.75) is 52.1 Å². The van der Waals surface area contributed by atoms with Crippen LogP contribution in [0.2, 0.25) is 0 Å². The summed E-state index contributed by atoms with van der Waals surface area (Å²) in [7, 11) is 0. The van der Waals surface area contributed by atoms with Crippen LogP contribution in [-0.4, -0.2) is 42.6 Å². The molecule has 1 heterocycles. The lowest BCUT2D eigenvalue weighted by Crippen LogP contribution is -2.47. The van der Waals surface area contributed by atoms with Crippen LogP contribution in [0, 0.1) is 0 Å². The maximum Gasteiger partial charge on any atom is 0.315 e. The number of nitrogens with one attached hydrogen (secondary N) is 2. The third-order valence-electron chi connectivity index (χ3n) is 2.99. The summed E-state index contributed by atoms with van der Waals surface area (Å²) in [5.41, 5.74) is 0. The second-order valence-corrected chi connectivity index (χ2v) is 4.95.